The van der Waals surface area contributed by atoms with Crippen molar-refractivity contribution in [3.63, 3.8) is 0 Å². The van der Waals surface area contributed by atoms with Gasteiger partial charge in [0.15, 0.2) is 0 Å². The van der Waals surface area contributed by atoms with Crippen LogP contribution >= 0.6 is 11.8 Å². The van der Waals surface area contributed by atoms with Gasteiger partial charge in [-0.15, -0.1) is 6.58 Å². The first-order chi connectivity index (χ1) is 8.77. The van der Waals surface area contributed by atoms with E-state index >= 15 is 0 Å². The van der Waals surface area contributed by atoms with Crippen molar-refractivity contribution in [2.45, 2.75) is 50.8 Å². The topological polar surface area (TPSA) is 0 Å². The van der Waals surface area contributed by atoms with E-state index in [1.807, 2.05) is 17.8 Å². The summed E-state index contributed by atoms with van der Waals surface area (Å²) < 4.78 is 0. The number of unbranched alkanes of at least 4 members (excludes halogenated alkanes) is 2. The predicted molar refractivity (Wildman–Crippen MR) is 84.0 cm³/mol. The van der Waals surface area contributed by atoms with Gasteiger partial charge in [-0.1, -0.05) is 61.4 Å². The van der Waals surface area contributed by atoms with Crippen molar-refractivity contribution in [2.24, 2.45) is 0 Å². The Bertz CT molecular complexity index is 376. The van der Waals surface area contributed by atoms with Gasteiger partial charge in [0.2, 0.25) is 0 Å². The quantitative estimate of drug-likeness (QED) is 0.304. The van der Waals surface area contributed by atoms with E-state index in [-0.39, 0.29) is 0 Å². The molecule has 0 unspecified atom stereocenters. The van der Waals surface area contributed by atoms with Gasteiger partial charge in [-0.2, -0.15) is 0 Å². The average Bonchev–Trinajstić information content (AvgIpc) is 2.39. The Hall–Kier alpha value is -0.950. The largest absolute Gasteiger partial charge is 0.103 e. The predicted octanol–water partition coefficient (Wildman–Crippen LogP) is 6.21. The Morgan fingerprint density at radius 1 is 1.22 bits per heavy atom. The number of hydrogen-bond acceptors (Lipinski definition) is 1. The molecule has 0 heterocycles. The van der Waals surface area contributed by atoms with E-state index in [4.69, 9.17) is 0 Å². The maximum Gasteiger partial charge on any atom is 0.0119 e. The summed E-state index contributed by atoms with van der Waals surface area (Å²) in [6.07, 6.45) is 8.10. The standard InChI is InChI=1S/C17H24S/c1-4-6-8-14-17(15(3)11-5-2)18-16-12-9-7-10-13-16/h5,7,9-10,12-13H,2,4,6,8,11,14H2,1,3H3/b17-15-. The molecule has 0 aliphatic heterocycles. The van der Waals surface area contributed by atoms with Crippen LogP contribution in [-0.4, -0.2) is 0 Å². The van der Waals surface area contributed by atoms with Crippen molar-refractivity contribution in [1.82, 2.24) is 0 Å². The smallest absolute Gasteiger partial charge is 0.0119 e. The average molecular weight is 260 g/mol. The summed E-state index contributed by atoms with van der Waals surface area (Å²) in [6.45, 7) is 8.33. The van der Waals surface area contributed by atoms with Crippen molar-refractivity contribution < 1.29 is 0 Å². The molecule has 1 heteroatoms. The molecule has 0 amide bonds. The molecule has 0 atom stereocenters. The highest BCUT2D eigenvalue weighted by Crippen LogP contribution is 2.33. The molecule has 0 N–H and O–H groups in total. The van der Waals surface area contributed by atoms with E-state index in [1.54, 1.807) is 0 Å². The van der Waals surface area contributed by atoms with Gasteiger partial charge in [0.05, 0.1) is 0 Å². The van der Waals surface area contributed by atoms with Gasteiger partial charge in [-0.25, -0.2) is 0 Å². The van der Waals surface area contributed by atoms with Gasteiger partial charge in [0.25, 0.3) is 0 Å². The van der Waals surface area contributed by atoms with E-state index in [0.29, 0.717) is 0 Å². The van der Waals surface area contributed by atoms with Crippen LogP contribution in [0.2, 0.25) is 0 Å². The van der Waals surface area contributed by atoms with E-state index in [0.717, 1.165) is 6.42 Å². The zero-order chi connectivity index (χ0) is 13.2. The molecule has 0 radical (unpaired) electrons. The third-order valence-corrected chi connectivity index (χ3v) is 4.23. The zero-order valence-corrected chi connectivity index (χ0v) is 12.4. The van der Waals surface area contributed by atoms with Crippen LogP contribution < -0.4 is 0 Å². The van der Waals surface area contributed by atoms with Gasteiger partial charge in [-0.05, 0) is 43.2 Å². The van der Waals surface area contributed by atoms with E-state index in [1.165, 1.54) is 41.1 Å². The van der Waals surface area contributed by atoms with Gasteiger partial charge in [0.1, 0.15) is 0 Å². The van der Waals surface area contributed by atoms with Gasteiger partial charge >= 0.3 is 0 Å². The molecule has 0 bridgehead atoms. The summed E-state index contributed by atoms with van der Waals surface area (Å²) >= 11 is 1.92. The van der Waals surface area contributed by atoms with Crippen LogP contribution in [0.1, 0.15) is 46.0 Å². The normalized spacial score (nSPS) is 12.1. The van der Waals surface area contributed by atoms with Crippen LogP contribution in [0.15, 0.2) is 58.4 Å². The van der Waals surface area contributed by atoms with Gasteiger partial charge in [0, 0.05) is 4.90 Å². The molecule has 0 nitrogen and oxygen atoms in total. The third-order valence-electron chi connectivity index (χ3n) is 2.92. The number of hydrogen-bond donors (Lipinski definition) is 0. The summed E-state index contributed by atoms with van der Waals surface area (Å²) in [7, 11) is 0. The summed E-state index contributed by atoms with van der Waals surface area (Å²) in [5, 5.41) is 0. The molecule has 98 valence electrons. The second kappa shape index (κ2) is 9.04. The molecule has 0 saturated carbocycles. The lowest BCUT2D eigenvalue weighted by Gasteiger charge is -2.11. The van der Waals surface area contributed by atoms with Crippen molar-refractivity contribution in [1.29, 1.82) is 0 Å². The fourth-order valence-corrected chi connectivity index (χ4v) is 2.93. The fourth-order valence-electron chi connectivity index (χ4n) is 1.85. The van der Waals surface area contributed by atoms with Crippen LogP contribution in [0.3, 0.4) is 0 Å². The molecule has 0 fully saturated rings. The highest BCUT2D eigenvalue weighted by Gasteiger charge is 2.04. The van der Waals surface area contributed by atoms with Gasteiger partial charge in [-0.3, -0.25) is 0 Å². The van der Waals surface area contributed by atoms with Gasteiger partial charge < -0.3 is 0 Å². The first kappa shape index (κ1) is 15.1. The molecular weight excluding hydrogens is 236 g/mol. The first-order valence-electron chi connectivity index (χ1n) is 6.80. The summed E-state index contributed by atoms with van der Waals surface area (Å²) in [5.41, 5.74) is 1.47. The monoisotopic (exact) mass is 260 g/mol. The van der Waals surface area contributed by atoms with Crippen LogP contribution in [-0.2, 0) is 0 Å². The minimum atomic E-state index is 1.00. The second-order valence-electron chi connectivity index (χ2n) is 4.57. The Morgan fingerprint density at radius 2 is 1.94 bits per heavy atom. The molecule has 1 aromatic carbocycles. The van der Waals surface area contributed by atoms with E-state index in [9.17, 15) is 0 Å². The highest BCUT2D eigenvalue weighted by atomic mass is 32.2. The zero-order valence-electron chi connectivity index (χ0n) is 11.6. The molecule has 0 aliphatic carbocycles. The summed E-state index contributed by atoms with van der Waals surface area (Å²) in [6, 6.07) is 10.7. The Labute approximate surface area is 116 Å². The molecule has 1 aromatic rings. The number of benzene rings is 1. The van der Waals surface area contributed by atoms with Crippen molar-refractivity contribution in [2.75, 3.05) is 0 Å². The SMILES string of the molecule is C=CC/C(C)=C(/CCCCC)Sc1ccccc1. The van der Waals surface area contributed by atoms with Crippen LogP contribution in [0.4, 0.5) is 0 Å². The lowest BCUT2D eigenvalue weighted by molar-refractivity contribution is 0.722. The molecule has 0 saturated heterocycles. The molecule has 18 heavy (non-hydrogen) atoms. The second-order valence-corrected chi connectivity index (χ2v) is 5.74. The Balaban J connectivity index is 2.71. The lowest BCUT2D eigenvalue weighted by atomic mass is 10.1. The number of rotatable bonds is 8. The molecular formula is C17H24S. The Morgan fingerprint density at radius 3 is 2.56 bits per heavy atom. The number of thioether (sulfide) groups is 1. The molecule has 0 aliphatic rings. The van der Waals surface area contributed by atoms with E-state index < -0.39 is 0 Å². The molecule has 0 spiro atoms. The van der Waals surface area contributed by atoms with Crippen molar-refractivity contribution in [3.05, 3.63) is 53.5 Å². The lowest BCUT2D eigenvalue weighted by Crippen LogP contribution is -1.86. The molecule has 0 aromatic heterocycles. The fraction of sp³-hybridized carbons (Fsp3) is 0.412. The van der Waals surface area contributed by atoms with Crippen LogP contribution in [0.25, 0.3) is 0 Å². The van der Waals surface area contributed by atoms with Crippen molar-refractivity contribution in [3.8, 4) is 0 Å². The maximum atomic E-state index is 3.84. The summed E-state index contributed by atoms with van der Waals surface area (Å²) in [5.74, 6) is 0. The third kappa shape index (κ3) is 5.59. The van der Waals surface area contributed by atoms with E-state index in [2.05, 4.69) is 50.8 Å². The van der Waals surface area contributed by atoms with Crippen molar-refractivity contribution >= 4 is 11.8 Å². The number of allylic oxidation sites excluding steroid dienone is 3. The minimum absolute atomic E-state index is 1.00. The Kier molecular flexibility index (Phi) is 7.59. The summed E-state index contributed by atoms with van der Waals surface area (Å²) in [4.78, 5) is 2.86. The first-order valence-corrected chi connectivity index (χ1v) is 7.62. The minimum Gasteiger partial charge on any atom is -0.103 e. The highest BCUT2D eigenvalue weighted by molar-refractivity contribution is 8.03. The van der Waals surface area contributed by atoms with Crippen LogP contribution in [0, 0.1) is 0 Å². The molecule has 1 rings (SSSR count). The van der Waals surface area contributed by atoms with Crippen LogP contribution in [0.5, 0.6) is 0 Å². The maximum absolute atomic E-state index is 3.84.